The summed E-state index contributed by atoms with van der Waals surface area (Å²) < 4.78 is 1.90. The zero-order valence-corrected chi connectivity index (χ0v) is 13.1. The second kappa shape index (κ2) is 7.47. The lowest BCUT2D eigenvalue weighted by Crippen LogP contribution is -2.45. The van der Waals surface area contributed by atoms with E-state index in [1.54, 1.807) is 0 Å². The number of hydrogen-bond donors (Lipinski definition) is 2. The van der Waals surface area contributed by atoms with Crippen molar-refractivity contribution in [3.63, 3.8) is 0 Å². The van der Waals surface area contributed by atoms with Crippen LogP contribution in [0.25, 0.3) is 5.65 Å². The monoisotopic (exact) mass is 318 g/mol. The van der Waals surface area contributed by atoms with Gasteiger partial charge in [-0.15, -0.1) is 24.8 Å². The van der Waals surface area contributed by atoms with E-state index < -0.39 is 5.54 Å². The van der Waals surface area contributed by atoms with Crippen LogP contribution in [0.2, 0.25) is 0 Å². The number of aromatic nitrogens is 2. The fourth-order valence-electron chi connectivity index (χ4n) is 1.63. The number of rotatable bonds is 4. The van der Waals surface area contributed by atoms with Gasteiger partial charge in [-0.2, -0.15) is 0 Å². The van der Waals surface area contributed by atoms with Crippen molar-refractivity contribution in [2.24, 2.45) is 5.73 Å². The highest BCUT2D eigenvalue weighted by atomic mass is 35.5. The number of halogens is 2. The van der Waals surface area contributed by atoms with Crippen LogP contribution in [0.3, 0.4) is 0 Å². The molecule has 0 spiro atoms. The van der Waals surface area contributed by atoms with Crippen LogP contribution >= 0.6 is 24.8 Å². The third-order valence-electron chi connectivity index (χ3n) is 2.50. The van der Waals surface area contributed by atoms with Gasteiger partial charge in [0, 0.05) is 24.5 Å². The van der Waals surface area contributed by atoms with Gasteiger partial charge in [-0.05, 0) is 26.0 Å². The second-order valence-electron chi connectivity index (χ2n) is 5.14. The smallest absolute Gasteiger partial charge is 0.226 e. The SMILES string of the molecule is CC(C)(N)CNC(=O)Cc1cn2ccccc2n1.Cl.Cl. The molecule has 0 saturated heterocycles. The first-order valence-corrected chi connectivity index (χ1v) is 5.92. The van der Waals surface area contributed by atoms with Gasteiger partial charge in [-0.3, -0.25) is 4.79 Å². The number of pyridine rings is 1. The van der Waals surface area contributed by atoms with E-state index in [1.165, 1.54) is 0 Å². The van der Waals surface area contributed by atoms with E-state index in [0.717, 1.165) is 11.3 Å². The molecule has 7 heteroatoms. The van der Waals surface area contributed by atoms with Gasteiger partial charge in [0.1, 0.15) is 5.65 Å². The normalized spacial score (nSPS) is 10.6. The molecule has 2 aromatic rings. The minimum absolute atomic E-state index is 0. The van der Waals surface area contributed by atoms with E-state index in [9.17, 15) is 4.79 Å². The molecular formula is C13H20Cl2N4O. The van der Waals surface area contributed by atoms with Gasteiger partial charge >= 0.3 is 0 Å². The average molecular weight is 319 g/mol. The number of carbonyl (C=O) groups excluding carboxylic acids is 1. The van der Waals surface area contributed by atoms with Crippen LogP contribution in [0.1, 0.15) is 19.5 Å². The summed E-state index contributed by atoms with van der Waals surface area (Å²) in [5.41, 5.74) is 7.01. The van der Waals surface area contributed by atoms with Crippen LogP contribution in [0, 0.1) is 0 Å². The van der Waals surface area contributed by atoms with Crippen molar-refractivity contribution in [3.8, 4) is 0 Å². The van der Waals surface area contributed by atoms with Crippen molar-refractivity contribution in [2.45, 2.75) is 25.8 Å². The summed E-state index contributed by atoms with van der Waals surface area (Å²) >= 11 is 0. The molecule has 2 rings (SSSR count). The van der Waals surface area contributed by atoms with Crippen molar-refractivity contribution in [1.82, 2.24) is 14.7 Å². The quantitative estimate of drug-likeness (QED) is 0.898. The Kier molecular flexibility index (Phi) is 6.99. The predicted molar refractivity (Wildman–Crippen MR) is 84.7 cm³/mol. The molecule has 0 radical (unpaired) electrons. The predicted octanol–water partition coefficient (Wildman–Crippen LogP) is 1.57. The van der Waals surface area contributed by atoms with Crippen molar-refractivity contribution in [2.75, 3.05) is 6.54 Å². The van der Waals surface area contributed by atoms with Gasteiger partial charge in [-0.25, -0.2) is 4.98 Å². The zero-order valence-electron chi connectivity index (χ0n) is 11.5. The summed E-state index contributed by atoms with van der Waals surface area (Å²) in [5.74, 6) is -0.0584. The lowest BCUT2D eigenvalue weighted by atomic mass is 10.1. The van der Waals surface area contributed by atoms with Crippen molar-refractivity contribution in [1.29, 1.82) is 0 Å². The Bertz CT molecular complexity index is 530. The van der Waals surface area contributed by atoms with Crippen LogP contribution in [0.5, 0.6) is 0 Å². The molecule has 0 saturated carbocycles. The molecule has 0 unspecified atom stereocenters. The molecule has 5 nitrogen and oxygen atoms in total. The van der Waals surface area contributed by atoms with E-state index >= 15 is 0 Å². The molecule has 3 N–H and O–H groups in total. The minimum Gasteiger partial charge on any atom is -0.354 e. The Balaban J connectivity index is 0.00000180. The molecule has 0 atom stereocenters. The Morgan fingerprint density at radius 3 is 2.70 bits per heavy atom. The maximum Gasteiger partial charge on any atom is 0.226 e. The summed E-state index contributed by atoms with van der Waals surface area (Å²) in [6.07, 6.45) is 4.05. The Labute approximate surface area is 130 Å². The van der Waals surface area contributed by atoms with E-state index in [4.69, 9.17) is 5.73 Å². The van der Waals surface area contributed by atoms with Gasteiger partial charge in [0.15, 0.2) is 0 Å². The van der Waals surface area contributed by atoms with Gasteiger partial charge in [0.2, 0.25) is 5.91 Å². The van der Waals surface area contributed by atoms with Crippen LogP contribution in [0.4, 0.5) is 0 Å². The number of nitrogens with one attached hydrogen (secondary N) is 1. The van der Waals surface area contributed by atoms with Gasteiger partial charge in [0.05, 0.1) is 12.1 Å². The molecule has 0 aliphatic carbocycles. The molecule has 0 aromatic carbocycles. The van der Waals surface area contributed by atoms with E-state index in [0.29, 0.717) is 6.54 Å². The standard InChI is InChI=1S/C13H18N4O.2ClH/c1-13(2,14)9-15-12(18)7-10-8-17-6-4-3-5-11(17)16-10;;/h3-6,8H,7,9,14H2,1-2H3,(H,15,18);2*1H. The molecular weight excluding hydrogens is 299 g/mol. The average Bonchev–Trinajstić information content (AvgIpc) is 2.67. The third-order valence-corrected chi connectivity index (χ3v) is 2.50. The molecule has 112 valence electrons. The van der Waals surface area contributed by atoms with Crippen LogP contribution in [-0.4, -0.2) is 27.4 Å². The highest BCUT2D eigenvalue weighted by Crippen LogP contribution is 2.05. The van der Waals surface area contributed by atoms with Crippen molar-refractivity contribution in [3.05, 3.63) is 36.3 Å². The number of nitrogens with two attached hydrogens (primary N) is 1. The zero-order chi connectivity index (χ0) is 13.2. The first kappa shape index (κ1) is 18.7. The van der Waals surface area contributed by atoms with Crippen LogP contribution in [0.15, 0.2) is 30.6 Å². The lowest BCUT2D eigenvalue weighted by molar-refractivity contribution is -0.120. The Hall–Kier alpha value is -1.30. The maximum absolute atomic E-state index is 11.7. The second-order valence-corrected chi connectivity index (χ2v) is 5.14. The summed E-state index contributed by atoms with van der Waals surface area (Å²) in [6, 6.07) is 5.75. The van der Waals surface area contributed by atoms with Crippen molar-refractivity contribution < 1.29 is 4.79 Å². The van der Waals surface area contributed by atoms with Crippen molar-refractivity contribution >= 4 is 36.4 Å². The first-order chi connectivity index (χ1) is 8.44. The first-order valence-electron chi connectivity index (χ1n) is 5.92. The van der Waals surface area contributed by atoms with Gasteiger partial charge < -0.3 is 15.5 Å². The van der Waals surface area contributed by atoms with Gasteiger partial charge in [0.25, 0.3) is 0 Å². The molecule has 0 bridgehead atoms. The molecule has 2 heterocycles. The highest BCUT2D eigenvalue weighted by molar-refractivity contribution is 5.85. The highest BCUT2D eigenvalue weighted by Gasteiger charge is 2.13. The summed E-state index contributed by atoms with van der Waals surface area (Å²) in [5, 5.41) is 2.80. The maximum atomic E-state index is 11.7. The largest absolute Gasteiger partial charge is 0.354 e. The summed E-state index contributed by atoms with van der Waals surface area (Å²) in [7, 11) is 0. The number of hydrogen-bond acceptors (Lipinski definition) is 3. The van der Waals surface area contributed by atoms with Crippen LogP contribution < -0.4 is 11.1 Å². The van der Waals surface area contributed by atoms with E-state index in [-0.39, 0.29) is 37.1 Å². The molecule has 2 aromatic heterocycles. The summed E-state index contributed by atoms with van der Waals surface area (Å²) in [6.45, 7) is 4.20. The number of amides is 1. The van der Waals surface area contributed by atoms with Crippen LogP contribution in [-0.2, 0) is 11.2 Å². The lowest BCUT2D eigenvalue weighted by Gasteiger charge is -2.18. The topological polar surface area (TPSA) is 72.4 Å². The fourth-order valence-corrected chi connectivity index (χ4v) is 1.63. The number of imidazole rings is 1. The van der Waals surface area contributed by atoms with E-state index in [2.05, 4.69) is 10.3 Å². The molecule has 0 aliphatic heterocycles. The van der Waals surface area contributed by atoms with E-state index in [1.807, 2.05) is 48.8 Å². The third kappa shape index (κ3) is 5.36. The Morgan fingerprint density at radius 1 is 1.40 bits per heavy atom. The minimum atomic E-state index is -0.394. The summed E-state index contributed by atoms with van der Waals surface area (Å²) in [4.78, 5) is 16.1. The Morgan fingerprint density at radius 2 is 2.10 bits per heavy atom. The molecule has 0 fully saturated rings. The fraction of sp³-hybridized carbons (Fsp3) is 0.385. The molecule has 20 heavy (non-hydrogen) atoms. The van der Waals surface area contributed by atoms with Gasteiger partial charge in [-0.1, -0.05) is 6.07 Å². The molecule has 1 amide bonds. The molecule has 0 aliphatic rings. The number of fused-ring (bicyclic) bond motifs is 1. The number of carbonyl (C=O) groups is 1. The number of nitrogens with zero attached hydrogens (tertiary/aromatic N) is 2.